The number of carbonyl (C=O) groups excluding carboxylic acids is 1. The second-order valence-corrected chi connectivity index (χ2v) is 4.74. The summed E-state index contributed by atoms with van der Waals surface area (Å²) in [5, 5.41) is 10.7. The summed E-state index contributed by atoms with van der Waals surface area (Å²) in [6.45, 7) is 0.581. The first-order valence-corrected chi connectivity index (χ1v) is 6.40. The lowest BCUT2D eigenvalue weighted by atomic mass is 10.1. The average molecular weight is 300 g/mol. The van der Waals surface area contributed by atoms with E-state index in [9.17, 15) is 23.7 Å². The Balaban J connectivity index is 2.27. The van der Waals surface area contributed by atoms with E-state index in [1.165, 1.54) is 4.90 Å². The van der Waals surface area contributed by atoms with E-state index in [0.29, 0.717) is 32.0 Å². The molecule has 1 fully saturated rings. The minimum atomic E-state index is -1.43. The molecule has 0 spiro atoms. The van der Waals surface area contributed by atoms with Gasteiger partial charge >= 0.3 is 5.69 Å². The standard InChI is InChI=1S/C13H14F2N2O4/c1-21-8-4-6-16(7-5-8)13(18)11-9(14)2-3-10(12(11)15)17(19)20/h2-3,8H,4-7H2,1H3. The van der Waals surface area contributed by atoms with Crippen molar-refractivity contribution in [3.05, 3.63) is 39.4 Å². The SMILES string of the molecule is COC1CCN(C(=O)c2c(F)ccc([N+](=O)[O-])c2F)CC1. The molecule has 0 radical (unpaired) electrons. The number of nitrogens with zero attached hydrogens (tertiary/aromatic N) is 2. The maximum atomic E-state index is 14.0. The number of likely N-dealkylation sites (tertiary alicyclic amines) is 1. The minimum absolute atomic E-state index is 0.00820. The number of halogens is 2. The summed E-state index contributed by atoms with van der Waals surface area (Å²) in [5.41, 5.74) is -1.79. The van der Waals surface area contributed by atoms with Crippen molar-refractivity contribution in [3.8, 4) is 0 Å². The largest absolute Gasteiger partial charge is 0.381 e. The number of piperidine rings is 1. The molecule has 0 aliphatic carbocycles. The maximum Gasteiger partial charge on any atom is 0.305 e. The summed E-state index contributed by atoms with van der Waals surface area (Å²) in [6.07, 6.45) is 1.12. The van der Waals surface area contributed by atoms with Crippen molar-refractivity contribution in [1.29, 1.82) is 0 Å². The van der Waals surface area contributed by atoms with Gasteiger partial charge in [-0.05, 0) is 18.9 Å². The minimum Gasteiger partial charge on any atom is -0.381 e. The van der Waals surface area contributed by atoms with E-state index in [1.54, 1.807) is 7.11 Å². The summed E-state index contributed by atoms with van der Waals surface area (Å²) < 4.78 is 32.8. The summed E-state index contributed by atoms with van der Waals surface area (Å²) >= 11 is 0. The molecule has 1 saturated heterocycles. The van der Waals surface area contributed by atoms with E-state index >= 15 is 0 Å². The van der Waals surface area contributed by atoms with Crippen LogP contribution in [0.4, 0.5) is 14.5 Å². The lowest BCUT2D eigenvalue weighted by Gasteiger charge is -2.31. The first kappa shape index (κ1) is 15.3. The van der Waals surface area contributed by atoms with E-state index in [2.05, 4.69) is 0 Å². The van der Waals surface area contributed by atoms with E-state index in [0.717, 1.165) is 6.07 Å². The van der Waals surface area contributed by atoms with Crippen LogP contribution in [0.15, 0.2) is 12.1 Å². The normalized spacial score (nSPS) is 16.0. The number of hydrogen-bond donors (Lipinski definition) is 0. The van der Waals surface area contributed by atoms with Crippen LogP contribution >= 0.6 is 0 Å². The van der Waals surface area contributed by atoms with Gasteiger partial charge < -0.3 is 9.64 Å². The highest BCUT2D eigenvalue weighted by Crippen LogP contribution is 2.25. The van der Waals surface area contributed by atoms with Gasteiger partial charge in [-0.3, -0.25) is 14.9 Å². The number of nitro benzene ring substituents is 1. The van der Waals surface area contributed by atoms with Crippen molar-refractivity contribution in [3.63, 3.8) is 0 Å². The van der Waals surface area contributed by atoms with E-state index in [4.69, 9.17) is 4.74 Å². The Morgan fingerprint density at radius 2 is 2.00 bits per heavy atom. The zero-order valence-electron chi connectivity index (χ0n) is 11.3. The molecule has 0 unspecified atom stereocenters. The number of hydrogen-bond acceptors (Lipinski definition) is 4. The Morgan fingerprint density at radius 1 is 1.38 bits per heavy atom. The van der Waals surface area contributed by atoms with Crippen molar-refractivity contribution in [1.82, 2.24) is 4.90 Å². The molecule has 1 aromatic rings. The van der Waals surface area contributed by atoms with Gasteiger partial charge in [0, 0.05) is 26.3 Å². The van der Waals surface area contributed by atoms with Gasteiger partial charge in [-0.25, -0.2) is 4.39 Å². The summed E-state index contributed by atoms with van der Waals surface area (Å²) in [4.78, 5) is 23.2. The third-order valence-corrected chi connectivity index (χ3v) is 3.54. The lowest BCUT2D eigenvalue weighted by molar-refractivity contribution is -0.387. The molecule has 0 N–H and O–H groups in total. The van der Waals surface area contributed by atoms with Gasteiger partial charge in [0.15, 0.2) is 0 Å². The molecular formula is C13H14F2N2O4. The molecule has 6 nitrogen and oxygen atoms in total. The lowest BCUT2D eigenvalue weighted by Crippen LogP contribution is -2.41. The Bertz CT molecular complexity index is 572. The molecule has 1 aromatic carbocycles. The molecule has 114 valence electrons. The summed E-state index contributed by atoms with van der Waals surface area (Å²) in [7, 11) is 1.56. The predicted octanol–water partition coefficient (Wildman–Crippen LogP) is 2.12. The highest BCUT2D eigenvalue weighted by Gasteiger charge is 2.31. The van der Waals surface area contributed by atoms with Gasteiger partial charge in [-0.2, -0.15) is 4.39 Å². The van der Waals surface area contributed by atoms with E-state index in [1.807, 2.05) is 0 Å². The number of benzene rings is 1. The third-order valence-electron chi connectivity index (χ3n) is 3.54. The molecule has 0 atom stereocenters. The number of amides is 1. The van der Waals surface area contributed by atoms with Crippen LogP contribution in [0.5, 0.6) is 0 Å². The monoisotopic (exact) mass is 300 g/mol. The zero-order valence-corrected chi connectivity index (χ0v) is 11.3. The number of carbonyl (C=O) groups is 1. The molecule has 0 aromatic heterocycles. The average Bonchev–Trinajstić information content (AvgIpc) is 2.46. The van der Waals surface area contributed by atoms with Gasteiger partial charge in [-0.15, -0.1) is 0 Å². The van der Waals surface area contributed by atoms with Crippen LogP contribution in [-0.4, -0.2) is 42.0 Å². The Labute approximate surface area is 119 Å². The zero-order chi connectivity index (χ0) is 15.6. The number of rotatable bonds is 3. The van der Waals surface area contributed by atoms with Crippen LogP contribution in [-0.2, 0) is 4.74 Å². The highest BCUT2D eigenvalue weighted by atomic mass is 19.1. The van der Waals surface area contributed by atoms with Crippen molar-refractivity contribution < 1.29 is 23.2 Å². The number of nitro groups is 1. The van der Waals surface area contributed by atoms with Gasteiger partial charge in [0.2, 0.25) is 5.82 Å². The van der Waals surface area contributed by atoms with E-state index < -0.39 is 33.7 Å². The Morgan fingerprint density at radius 3 is 2.52 bits per heavy atom. The topological polar surface area (TPSA) is 72.7 Å². The van der Waals surface area contributed by atoms with Crippen LogP contribution < -0.4 is 0 Å². The maximum absolute atomic E-state index is 14.0. The molecular weight excluding hydrogens is 286 g/mol. The van der Waals surface area contributed by atoms with Gasteiger partial charge in [0.05, 0.1) is 11.0 Å². The number of methoxy groups -OCH3 is 1. The summed E-state index contributed by atoms with van der Waals surface area (Å²) in [5.74, 6) is -3.40. The van der Waals surface area contributed by atoms with Crippen LogP contribution in [0.25, 0.3) is 0 Å². The molecule has 1 amide bonds. The fraction of sp³-hybridized carbons (Fsp3) is 0.462. The first-order valence-electron chi connectivity index (χ1n) is 6.40. The highest BCUT2D eigenvalue weighted by molar-refractivity contribution is 5.95. The second-order valence-electron chi connectivity index (χ2n) is 4.74. The van der Waals surface area contributed by atoms with Crippen LogP contribution in [0, 0.1) is 21.7 Å². The Kier molecular flexibility index (Phi) is 4.46. The van der Waals surface area contributed by atoms with Crippen molar-refractivity contribution in [2.24, 2.45) is 0 Å². The molecule has 1 aliphatic heterocycles. The van der Waals surface area contributed by atoms with Crippen molar-refractivity contribution >= 4 is 11.6 Å². The third kappa shape index (κ3) is 2.99. The van der Waals surface area contributed by atoms with Gasteiger partial charge in [0.1, 0.15) is 11.4 Å². The smallest absolute Gasteiger partial charge is 0.305 e. The van der Waals surface area contributed by atoms with Crippen molar-refractivity contribution in [2.45, 2.75) is 18.9 Å². The molecule has 1 aliphatic rings. The first-order chi connectivity index (χ1) is 9.95. The molecule has 0 bridgehead atoms. The van der Waals surface area contributed by atoms with Crippen LogP contribution in [0.1, 0.15) is 23.2 Å². The fourth-order valence-corrected chi connectivity index (χ4v) is 2.33. The van der Waals surface area contributed by atoms with Crippen LogP contribution in [0.3, 0.4) is 0 Å². The summed E-state index contributed by atoms with van der Waals surface area (Å²) in [6, 6.07) is 1.44. The fourth-order valence-electron chi connectivity index (χ4n) is 2.33. The molecule has 2 rings (SSSR count). The predicted molar refractivity (Wildman–Crippen MR) is 68.9 cm³/mol. The quantitative estimate of drug-likeness (QED) is 0.633. The molecule has 0 saturated carbocycles. The van der Waals surface area contributed by atoms with Crippen LogP contribution in [0.2, 0.25) is 0 Å². The molecule has 1 heterocycles. The van der Waals surface area contributed by atoms with Gasteiger partial charge in [0.25, 0.3) is 5.91 Å². The van der Waals surface area contributed by atoms with E-state index in [-0.39, 0.29) is 6.10 Å². The molecule has 21 heavy (non-hydrogen) atoms. The Hall–Kier alpha value is -2.09. The van der Waals surface area contributed by atoms with Gasteiger partial charge in [-0.1, -0.05) is 0 Å². The molecule has 8 heteroatoms. The second kappa shape index (κ2) is 6.13. The van der Waals surface area contributed by atoms with Crippen molar-refractivity contribution in [2.75, 3.05) is 20.2 Å². The number of ether oxygens (including phenoxy) is 1.